The lowest BCUT2D eigenvalue weighted by molar-refractivity contribution is 0.666. The van der Waals surface area contributed by atoms with Crippen LogP contribution in [-0.2, 0) is 6.42 Å². The van der Waals surface area contributed by atoms with Gasteiger partial charge < -0.3 is 5.32 Å². The second kappa shape index (κ2) is 6.02. The van der Waals surface area contributed by atoms with Crippen molar-refractivity contribution in [1.82, 2.24) is 15.3 Å². The van der Waals surface area contributed by atoms with Gasteiger partial charge >= 0.3 is 0 Å². The van der Waals surface area contributed by atoms with Crippen LogP contribution in [0.4, 0.5) is 0 Å². The fourth-order valence-corrected chi connectivity index (χ4v) is 2.85. The van der Waals surface area contributed by atoms with Crippen LogP contribution in [-0.4, -0.2) is 17.0 Å². The molecule has 3 aromatic rings. The lowest BCUT2D eigenvalue weighted by atomic mass is 9.94. The molecule has 1 atom stereocenters. The molecule has 0 spiro atoms. The largest absolute Gasteiger partial charge is 0.308 e. The van der Waals surface area contributed by atoms with Crippen LogP contribution < -0.4 is 5.32 Å². The molecule has 106 valence electrons. The van der Waals surface area contributed by atoms with Crippen molar-refractivity contribution < 1.29 is 0 Å². The van der Waals surface area contributed by atoms with E-state index in [0.717, 1.165) is 17.5 Å². The van der Waals surface area contributed by atoms with Gasteiger partial charge in [0.1, 0.15) is 0 Å². The fraction of sp³-hybridized carbons (Fsp3) is 0.222. The first kappa shape index (κ1) is 13.7. The predicted octanol–water partition coefficient (Wildman–Crippen LogP) is 3.50. The Labute approximate surface area is 125 Å². The second-order valence-electron chi connectivity index (χ2n) is 5.07. The van der Waals surface area contributed by atoms with Crippen molar-refractivity contribution in [2.45, 2.75) is 19.4 Å². The van der Waals surface area contributed by atoms with Gasteiger partial charge in [0, 0.05) is 24.0 Å². The van der Waals surface area contributed by atoms with Crippen molar-refractivity contribution in [3.8, 4) is 0 Å². The minimum absolute atomic E-state index is 0.0900. The smallest absolute Gasteiger partial charge is 0.0757 e. The highest BCUT2D eigenvalue weighted by atomic mass is 14.9. The molecule has 0 radical (unpaired) electrons. The molecule has 0 saturated heterocycles. The van der Waals surface area contributed by atoms with E-state index in [2.05, 4.69) is 52.5 Å². The molecule has 3 rings (SSSR count). The standard InChI is InChI=1S/C18H19N3/c1-3-13-7-5-10-21-17(13)18(19-2)16-8-4-6-14-12-20-11-9-15(14)16/h4-12,18-19H,3H2,1-2H3. The number of benzene rings is 1. The van der Waals surface area contributed by atoms with Gasteiger partial charge in [-0.2, -0.15) is 0 Å². The van der Waals surface area contributed by atoms with Gasteiger partial charge in [-0.25, -0.2) is 0 Å². The van der Waals surface area contributed by atoms with Crippen molar-refractivity contribution in [1.29, 1.82) is 0 Å². The molecule has 0 aliphatic carbocycles. The number of hydrogen-bond donors (Lipinski definition) is 1. The van der Waals surface area contributed by atoms with Crippen LogP contribution in [0.3, 0.4) is 0 Å². The van der Waals surface area contributed by atoms with E-state index in [-0.39, 0.29) is 6.04 Å². The van der Waals surface area contributed by atoms with Crippen LogP contribution in [0.2, 0.25) is 0 Å². The minimum Gasteiger partial charge on any atom is -0.308 e. The van der Waals surface area contributed by atoms with Crippen molar-refractivity contribution in [2.75, 3.05) is 7.05 Å². The maximum atomic E-state index is 4.63. The average molecular weight is 277 g/mol. The van der Waals surface area contributed by atoms with Gasteiger partial charge in [-0.1, -0.05) is 31.2 Å². The van der Waals surface area contributed by atoms with E-state index in [1.165, 1.54) is 16.5 Å². The van der Waals surface area contributed by atoms with Crippen molar-refractivity contribution >= 4 is 10.8 Å². The van der Waals surface area contributed by atoms with E-state index in [4.69, 9.17) is 0 Å². The third-order valence-corrected chi connectivity index (χ3v) is 3.89. The summed E-state index contributed by atoms with van der Waals surface area (Å²) < 4.78 is 0. The summed E-state index contributed by atoms with van der Waals surface area (Å²) in [6, 6.07) is 12.7. The summed E-state index contributed by atoms with van der Waals surface area (Å²) in [6.07, 6.45) is 6.60. The Morgan fingerprint density at radius 1 is 1.10 bits per heavy atom. The molecule has 3 heteroatoms. The summed E-state index contributed by atoms with van der Waals surface area (Å²) in [4.78, 5) is 8.84. The Kier molecular flexibility index (Phi) is 3.93. The number of nitrogens with one attached hydrogen (secondary N) is 1. The summed E-state index contributed by atoms with van der Waals surface area (Å²) >= 11 is 0. The summed E-state index contributed by atoms with van der Waals surface area (Å²) in [5, 5.41) is 5.80. The number of rotatable bonds is 4. The molecule has 0 aliphatic rings. The summed E-state index contributed by atoms with van der Waals surface area (Å²) in [7, 11) is 1.98. The van der Waals surface area contributed by atoms with Crippen molar-refractivity contribution in [3.05, 3.63) is 71.8 Å². The van der Waals surface area contributed by atoms with Gasteiger partial charge in [-0.15, -0.1) is 0 Å². The molecule has 1 aromatic carbocycles. The van der Waals surface area contributed by atoms with Crippen LogP contribution >= 0.6 is 0 Å². The molecule has 0 saturated carbocycles. The quantitative estimate of drug-likeness (QED) is 0.793. The van der Waals surface area contributed by atoms with Crippen molar-refractivity contribution in [2.24, 2.45) is 0 Å². The lowest BCUT2D eigenvalue weighted by Crippen LogP contribution is -2.20. The molecule has 0 fully saturated rings. The molecule has 1 unspecified atom stereocenters. The number of fused-ring (bicyclic) bond motifs is 1. The van der Waals surface area contributed by atoms with Crippen LogP contribution in [0.15, 0.2) is 55.0 Å². The Hall–Kier alpha value is -2.26. The molecule has 3 nitrogen and oxygen atoms in total. The maximum absolute atomic E-state index is 4.63. The molecule has 0 bridgehead atoms. The van der Waals surface area contributed by atoms with Crippen molar-refractivity contribution in [3.63, 3.8) is 0 Å². The summed E-state index contributed by atoms with van der Waals surface area (Å²) in [5.74, 6) is 0. The zero-order chi connectivity index (χ0) is 14.7. The third kappa shape index (κ3) is 2.52. The van der Waals surface area contributed by atoms with Crippen LogP contribution in [0.25, 0.3) is 10.8 Å². The van der Waals surface area contributed by atoms with Gasteiger partial charge in [0.05, 0.1) is 11.7 Å². The summed E-state index contributed by atoms with van der Waals surface area (Å²) in [6.45, 7) is 2.17. The molecule has 21 heavy (non-hydrogen) atoms. The molecule has 1 N–H and O–H groups in total. The third-order valence-electron chi connectivity index (χ3n) is 3.89. The van der Waals surface area contributed by atoms with E-state index in [1.54, 1.807) is 0 Å². The first-order valence-corrected chi connectivity index (χ1v) is 7.28. The lowest BCUT2D eigenvalue weighted by Gasteiger charge is -2.20. The highest BCUT2D eigenvalue weighted by Crippen LogP contribution is 2.29. The number of aromatic nitrogens is 2. The topological polar surface area (TPSA) is 37.8 Å². The first-order valence-electron chi connectivity index (χ1n) is 7.28. The van der Waals surface area contributed by atoms with E-state index >= 15 is 0 Å². The Bertz CT molecular complexity index is 747. The number of hydrogen-bond acceptors (Lipinski definition) is 3. The van der Waals surface area contributed by atoms with Crippen LogP contribution in [0.5, 0.6) is 0 Å². The second-order valence-corrected chi connectivity index (χ2v) is 5.07. The Morgan fingerprint density at radius 2 is 2.00 bits per heavy atom. The van der Waals surface area contributed by atoms with Gasteiger partial charge in [0.25, 0.3) is 0 Å². The zero-order valence-electron chi connectivity index (χ0n) is 12.4. The van der Waals surface area contributed by atoms with Crippen LogP contribution in [0.1, 0.15) is 29.8 Å². The number of nitrogens with zero attached hydrogens (tertiary/aromatic N) is 2. The van der Waals surface area contributed by atoms with Gasteiger partial charge in [-0.05, 0) is 42.1 Å². The van der Waals surface area contributed by atoms with E-state index in [9.17, 15) is 0 Å². The van der Waals surface area contributed by atoms with E-state index in [1.807, 2.05) is 31.7 Å². The highest BCUT2D eigenvalue weighted by Gasteiger charge is 2.18. The Balaban J connectivity index is 2.19. The van der Waals surface area contributed by atoms with E-state index in [0.29, 0.717) is 0 Å². The molecule has 0 amide bonds. The van der Waals surface area contributed by atoms with Gasteiger partial charge in [-0.3, -0.25) is 9.97 Å². The molecule has 2 heterocycles. The fourth-order valence-electron chi connectivity index (χ4n) is 2.85. The number of pyridine rings is 2. The van der Waals surface area contributed by atoms with Gasteiger partial charge in [0.15, 0.2) is 0 Å². The summed E-state index contributed by atoms with van der Waals surface area (Å²) in [5.41, 5.74) is 3.63. The number of aryl methyl sites for hydroxylation is 1. The Morgan fingerprint density at radius 3 is 2.81 bits per heavy atom. The molecular weight excluding hydrogens is 258 g/mol. The van der Waals surface area contributed by atoms with Gasteiger partial charge in [0.2, 0.25) is 0 Å². The van der Waals surface area contributed by atoms with Crippen LogP contribution in [0, 0.1) is 0 Å². The normalized spacial score (nSPS) is 12.5. The average Bonchev–Trinajstić information content (AvgIpc) is 2.56. The molecule has 2 aromatic heterocycles. The zero-order valence-corrected chi connectivity index (χ0v) is 12.4. The molecule has 0 aliphatic heterocycles. The molecular formula is C18H19N3. The minimum atomic E-state index is 0.0900. The maximum Gasteiger partial charge on any atom is 0.0757 e. The van der Waals surface area contributed by atoms with E-state index < -0.39 is 0 Å². The monoisotopic (exact) mass is 277 g/mol. The first-order chi connectivity index (χ1) is 10.3. The SMILES string of the molecule is CCc1cccnc1C(NC)c1cccc2cnccc12. The predicted molar refractivity (Wildman–Crippen MR) is 86.3 cm³/mol. The highest BCUT2D eigenvalue weighted by molar-refractivity contribution is 5.85.